The van der Waals surface area contributed by atoms with Crippen LogP contribution in [0.2, 0.25) is 0 Å². The Morgan fingerprint density at radius 2 is 1.83 bits per heavy atom. The Morgan fingerprint density at radius 1 is 1.10 bits per heavy atom. The van der Waals surface area contributed by atoms with Crippen molar-refractivity contribution in [3.63, 3.8) is 0 Å². The van der Waals surface area contributed by atoms with Crippen molar-refractivity contribution in [2.75, 3.05) is 25.6 Å². The standard InChI is InChI=1S/C21H22N4O4/c1-24(2)16-9-7-15(8-10-16)11-22-19(26)13-29-20(27)12-25-14-23-18-6-4-3-5-17(18)21(25)28/h3-10,14H,11-13H2,1-2H3,(H,22,26). The number of para-hydroxylation sites is 1. The van der Waals surface area contributed by atoms with Gasteiger partial charge in [-0.2, -0.15) is 0 Å². The third-order valence-electron chi connectivity index (χ3n) is 4.34. The molecule has 0 spiro atoms. The van der Waals surface area contributed by atoms with E-state index in [0.717, 1.165) is 15.8 Å². The van der Waals surface area contributed by atoms with Crippen LogP contribution in [0.5, 0.6) is 0 Å². The minimum atomic E-state index is -0.685. The number of amides is 1. The fourth-order valence-electron chi connectivity index (χ4n) is 2.71. The molecule has 1 amide bonds. The first-order valence-corrected chi connectivity index (χ1v) is 9.07. The van der Waals surface area contributed by atoms with Gasteiger partial charge in [0.2, 0.25) is 0 Å². The maximum atomic E-state index is 12.4. The Hall–Kier alpha value is -3.68. The molecule has 150 valence electrons. The lowest BCUT2D eigenvalue weighted by Crippen LogP contribution is -2.31. The first-order valence-electron chi connectivity index (χ1n) is 9.07. The summed E-state index contributed by atoms with van der Waals surface area (Å²) in [5.74, 6) is -1.10. The molecule has 0 saturated heterocycles. The second-order valence-corrected chi connectivity index (χ2v) is 6.69. The molecule has 0 saturated carbocycles. The number of hydrogen-bond acceptors (Lipinski definition) is 6. The molecule has 0 fully saturated rings. The summed E-state index contributed by atoms with van der Waals surface area (Å²) >= 11 is 0. The summed E-state index contributed by atoms with van der Waals surface area (Å²) in [4.78, 5) is 42.4. The second-order valence-electron chi connectivity index (χ2n) is 6.69. The van der Waals surface area contributed by atoms with E-state index in [2.05, 4.69) is 10.3 Å². The van der Waals surface area contributed by atoms with Crippen molar-refractivity contribution in [1.29, 1.82) is 0 Å². The van der Waals surface area contributed by atoms with Crippen molar-refractivity contribution in [1.82, 2.24) is 14.9 Å². The average Bonchev–Trinajstić information content (AvgIpc) is 2.73. The van der Waals surface area contributed by atoms with Crippen molar-refractivity contribution in [2.45, 2.75) is 13.1 Å². The van der Waals surface area contributed by atoms with E-state index in [-0.39, 0.29) is 12.1 Å². The first-order chi connectivity index (χ1) is 13.9. The largest absolute Gasteiger partial charge is 0.454 e. The Bertz CT molecular complexity index is 1070. The quantitative estimate of drug-likeness (QED) is 0.608. The van der Waals surface area contributed by atoms with Crippen LogP contribution in [-0.2, 0) is 27.4 Å². The fraction of sp³-hybridized carbons (Fsp3) is 0.238. The number of carbonyl (C=O) groups excluding carboxylic acids is 2. The van der Waals surface area contributed by atoms with Gasteiger partial charge in [-0.1, -0.05) is 24.3 Å². The zero-order valence-corrected chi connectivity index (χ0v) is 16.3. The number of anilines is 1. The van der Waals surface area contributed by atoms with Gasteiger partial charge in [-0.3, -0.25) is 19.0 Å². The minimum Gasteiger partial charge on any atom is -0.454 e. The number of rotatable bonds is 7. The van der Waals surface area contributed by atoms with Crippen LogP contribution in [0.25, 0.3) is 10.9 Å². The number of fused-ring (bicyclic) bond motifs is 1. The van der Waals surface area contributed by atoms with E-state index in [4.69, 9.17) is 4.74 Å². The third-order valence-corrected chi connectivity index (χ3v) is 4.34. The van der Waals surface area contributed by atoms with E-state index in [1.165, 1.54) is 6.33 Å². The van der Waals surface area contributed by atoms with E-state index in [1.807, 2.05) is 43.3 Å². The SMILES string of the molecule is CN(C)c1ccc(CNC(=O)COC(=O)Cn2cnc3ccccc3c2=O)cc1. The van der Waals surface area contributed by atoms with Gasteiger partial charge in [-0.05, 0) is 29.8 Å². The fourth-order valence-corrected chi connectivity index (χ4v) is 2.71. The molecular formula is C21H22N4O4. The number of hydrogen-bond donors (Lipinski definition) is 1. The lowest BCUT2D eigenvalue weighted by atomic mass is 10.2. The highest BCUT2D eigenvalue weighted by Gasteiger charge is 2.11. The number of ether oxygens (including phenoxy) is 1. The zero-order chi connectivity index (χ0) is 20.8. The topological polar surface area (TPSA) is 93.5 Å². The van der Waals surface area contributed by atoms with Crippen LogP contribution < -0.4 is 15.8 Å². The molecule has 0 aliphatic carbocycles. The van der Waals surface area contributed by atoms with Crippen LogP contribution in [0.1, 0.15) is 5.56 Å². The number of nitrogens with zero attached hydrogens (tertiary/aromatic N) is 3. The Morgan fingerprint density at radius 3 is 2.55 bits per heavy atom. The Kier molecular flexibility index (Phi) is 6.23. The number of esters is 1. The molecule has 0 radical (unpaired) electrons. The molecule has 8 nitrogen and oxygen atoms in total. The van der Waals surface area contributed by atoms with Gasteiger partial charge in [0.15, 0.2) is 6.61 Å². The molecule has 29 heavy (non-hydrogen) atoms. The van der Waals surface area contributed by atoms with Crippen LogP contribution in [0, 0.1) is 0 Å². The van der Waals surface area contributed by atoms with E-state index in [9.17, 15) is 14.4 Å². The normalized spacial score (nSPS) is 10.6. The van der Waals surface area contributed by atoms with Crippen molar-refractivity contribution in [3.8, 4) is 0 Å². The highest BCUT2D eigenvalue weighted by Crippen LogP contribution is 2.11. The number of aromatic nitrogens is 2. The summed E-state index contributed by atoms with van der Waals surface area (Å²) in [7, 11) is 3.90. The highest BCUT2D eigenvalue weighted by molar-refractivity contribution is 5.81. The van der Waals surface area contributed by atoms with Crippen molar-refractivity contribution < 1.29 is 14.3 Å². The maximum Gasteiger partial charge on any atom is 0.326 e. The van der Waals surface area contributed by atoms with Crippen LogP contribution >= 0.6 is 0 Å². The van der Waals surface area contributed by atoms with E-state index in [0.29, 0.717) is 17.4 Å². The van der Waals surface area contributed by atoms with Gasteiger partial charge in [-0.25, -0.2) is 4.98 Å². The number of carbonyl (C=O) groups is 2. The average molecular weight is 394 g/mol. The van der Waals surface area contributed by atoms with Crippen molar-refractivity contribution in [3.05, 3.63) is 70.8 Å². The van der Waals surface area contributed by atoms with Gasteiger partial charge in [0.05, 0.1) is 17.2 Å². The van der Waals surface area contributed by atoms with Gasteiger partial charge in [0, 0.05) is 26.3 Å². The summed E-state index contributed by atoms with van der Waals surface area (Å²) in [6, 6.07) is 14.6. The molecule has 0 aliphatic heterocycles. The molecule has 1 aromatic heterocycles. The third kappa shape index (κ3) is 5.19. The molecule has 1 heterocycles. The molecule has 0 bridgehead atoms. The summed E-state index contributed by atoms with van der Waals surface area (Å²) in [6.07, 6.45) is 1.30. The summed E-state index contributed by atoms with van der Waals surface area (Å²) in [5, 5.41) is 3.11. The molecule has 3 rings (SSSR count). The summed E-state index contributed by atoms with van der Waals surface area (Å²) in [6.45, 7) is -0.390. The van der Waals surface area contributed by atoms with Gasteiger partial charge < -0.3 is 15.0 Å². The summed E-state index contributed by atoms with van der Waals surface area (Å²) < 4.78 is 6.13. The van der Waals surface area contributed by atoms with Gasteiger partial charge in [0.1, 0.15) is 6.54 Å². The van der Waals surface area contributed by atoms with Crippen molar-refractivity contribution in [2.24, 2.45) is 0 Å². The Balaban J connectivity index is 1.48. The van der Waals surface area contributed by atoms with Gasteiger partial charge in [-0.15, -0.1) is 0 Å². The predicted octanol–water partition coefficient (Wildman–Crippen LogP) is 1.32. The molecule has 0 atom stereocenters. The van der Waals surface area contributed by atoms with Crippen LogP contribution in [0.4, 0.5) is 5.69 Å². The minimum absolute atomic E-state index is 0.310. The molecule has 2 aromatic carbocycles. The smallest absolute Gasteiger partial charge is 0.326 e. The molecule has 0 aliphatic rings. The van der Waals surface area contributed by atoms with Crippen LogP contribution in [0.15, 0.2) is 59.7 Å². The van der Waals surface area contributed by atoms with Crippen LogP contribution in [-0.4, -0.2) is 42.1 Å². The zero-order valence-electron chi connectivity index (χ0n) is 16.3. The highest BCUT2D eigenvalue weighted by atomic mass is 16.5. The van der Waals surface area contributed by atoms with Crippen molar-refractivity contribution >= 4 is 28.5 Å². The summed E-state index contributed by atoms with van der Waals surface area (Å²) in [5.41, 5.74) is 2.22. The maximum absolute atomic E-state index is 12.4. The molecule has 3 aromatic rings. The molecule has 1 N–H and O–H groups in total. The lowest BCUT2D eigenvalue weighted by Gasteiger charge is -2.13. The lowest BCUT2D eigenvalue weighted by molar-refractivity contribution is -0.149. The number of benzene rings is 2. The molecule has 0 unspecified atom stereocenters. The van der Waals surface area contributed by atoms with Gasteiger partial charge in [0.25, 0.3) is 11.5 Å². The van der Waals surface area contributed by atoms with Crippen LogP contribution in [0.3, 0.4) is 0 Å². The first kappa shape index (κ1) is 20.1. The van der Waals surface area contributed by atoms with E-state index >= 15 is 0 Å². The van der Waals surface area contributed by atoms with E-state index in [1.54, 1.807) is 24.3 Å². The van der Waals surface area contributed by atoms with E-state index < -0.39 is 18.5 Å². The molecular weight excluding hydrogens is 372 g/mol. The predicted molar refractivity (Wildman–Crippen MR) is 110 cm³/mol. The second kappa shape index (κ2) is 9.01. The Labute approximate surface area is 167 Å². The molecule has 8 heteroatoms. The van der Waals surface area contributed by atoms with Gasteiger partial charge >= 0.3 is 5.97 Å². The number of nitrogens with one attached hydrogen (secondary N) is 1. The monoisotopic (exact) mass is 394 g/mol.